The summed E-state index contributed by atoms with van der Waals surface area (Å²) in [6.45, 7) is 7.48. The van der Waals surface area contributed by atoms with Crippen molar-refractivity contribution >= 4 is 9.76 Å². The molecule has 1 heterocycles. The average Bonchev–Trinajstić information content (AvgIpc) is 2.47. The van der Waals surface area contributed by atoms with Crippen molar-refractivity contribution in [3.63, 3.8) is 0 Å². The zero-order valence-corrected chi connectivity index (χ0v) is 13.7. The standard InChI is InChI=1S/C13H21N3O4Si/c1-4-7-14-11(17)15(8-5-2)13(19)16(12(14)18)9-6-10-21-20-3/h4-5H,1-2,6-10,21H2,3H3. The van der Waals surface area contributed by atoms with Crippen molar-refractivity contribution < 1.29 is 4.43 Å². The summed E-state index contributed by atoms with van der Waals surface area (Å²) in [6.07, 6.45) is 3.58. The van der Waals surface area contributed by atoms with Crippen LogP contribution in [-0.4, -0.2) is 30.6 Å². The molecule has 0 saturated carbocycles. The summed E-state index contributed by atoms with van der Waals surface area (Å²) in [5, 5.41) is 0. The van der Waals surface area contributed by atoms with Crippen molar-refractivity contribution in [2.45, 2.75) is 32.1 Å². The van der Waals surface area contributed by atoms with E-state index in [-0.39, 0.29) is 19.6 Å². The third-order valence-corrected chi connectivity index (χ3v) is 4.19. The molecule has 0 spiro atoms. The van der Waals surface area contributed by atoms with E-state index in [1.54, 1.807) is 7.11 Å². The van der Waals surface area contributed by atoms with Gasteiger partial charge in [0.25, 0.3) is 0 Å². The van der Waals surface area contributed by atoms with E-state index >= 15 is 0 Å². The first-order valence-electron chi connectivity index (χ1n) is 6.73. The monoisotopic (exact) mass is 311 g/mol. The van der Waals surface area contributed by atoms with Crippen LogP contribution in [-0.2, 0) is 24.1 Å². The predicted octanol–water partition coefficient (Wildman–Crippen LogP) is -0.918. The normalized spacial score (nSPS) is 11.1. The Morgan fingerprint density at radius 1 is 1.00 bits per heavy atom. The van der Waals surface area contributed by atoms with Gasteiger partial charge in [0.2, 0.25) is 0 Å². The van der Waals surface area contributed by atoms with Crippen LogP contribution < -0.4 is 17.1 Å². The van der Waals surface area contributed by atoms with Crippen LogP contribution in [0.4, 0.5) is 0 Å². The molecule has 0 fully saturated rings. The predicted molar refractivity (Wildman–Crippen MR) is 84.6 cm³/mol. The minimum atomic E-state index is -0.632. The highest BCUT2D eigenvalue weighted by molar-refractivity contribution is 6.26. The van der Waals surface area contributed by atoms with Crippen molar-refractivity contribution in [3.05, 3.63) is 56.8 Å². The number of hydrogen-bond donors (Lipinski definition) is 0. The van der Waals surface area contributed by atoms with Crippen LogP contribution >= 0.6 is 0 Å². The van der Waals surface area contributed by atoms with Gasteiger partial charge >= 0.3 is 17.1 Å². The SMILES string of the molecule is C=CCn1c(=O)n(CC=C)c(=O)n(CCC[SiH2]OC)c1=O. The fourth-order valence-electron chi connectivity index (χ4n) is 1.96. The van der Waals surface area contributed by atoms with Crippen LogP contribution in [0.3, 0.4) is 0 Å². The maximum absolute atomic E-state index is 12.2. The summed E-state index contributed by atoms with van der Waals surface area (Å²) < 4.78 is 8.18. The van der Waals surface area contributed by atoms with Crippen LogP contribution in [0.5, 0.6) is 0 Å². The highest BCUT2D eigenvalue weighted by Crippen LogP contribution is 1.91. The molecule has 1 rings (SSSR count). The van der Waals surface area contributed by atoms with E-state index in [9.17, 15) is 14.4 Å². The zero-order valence-electron chi connectivity index (χ0n) is 12.3. The fraction of sp³-hybridized carbons (Fsp3) is 0.462. The van der Waals surface area contributed by atoms with Gasteiger partial charge in [-0.05, 0) is 12.5 Å². The molecule has 0 aliphatic rings. The van der Waals surface area contributed by atoms with E-state index in [2.05, 4.69) is 13.2 Å². The molecule has 1 aromatic rings. The highest BCUT2D eigenvalue weighted by Gasteiger charge is 2.13. The van der Waals surface area contributed by atoms with Gasteiger partial charge in [-0.15, -0.1) is 13.2 Å². The molecule has 7 nitrogen and oxygen atoms in total. The Labute approximate surface area is 124 Å². The Morgan fingerprint density at radius 2 is 1.48 bits per heavy atom. The lowest BCUT2D eigenvalue weighted by Crippen LogP contribution is -2.54. The molecular formula is C13H21N3O4Si. The number of rotatable bonds is 9. The second kappa shape index (κ2) is 8.38. The average molecular weight is 311 g/mol. The molecule has 0 aliphatic heterocycles. The van der Waals surface area contributed by atoms with Gasteiger partial charge in [-0.2, -0.15) is 0 Å². The van der Waals surface area contributed by atoms with E-state index in [0.29, 0.717) is 6.42 Å². The summed E-state index contributed by atoms with van der Waals surface area (Å²) in [5.41, 5.74) is -1.82. The van der Waals surface area contributed by atoms with Gasteiger partial charge in [-0.1, -0.05) is 12.2 Å². The Kier molecular flexibility index (Phi) is 6.83. The highest BCUT2D eigenvalue weighted by atomic mass is 28.2. The molecule has 116 valence electrons. The summed E-state index contributed by atoms with van der Waals surface area (Å²) in [6, 6.07) is 0.865. The third-order valence-electron chi connectivity index (χ3n) is 2.99. The molecule has 0 amide bonds. The molecule has 8 heteroatoms. The van der Waals surface area contributed by atoms with Crippen LogP contribution in [0.1, 0.15) is 6.42 Å². The summed E-state index contributed by atoms with van der Waals surface area (Å²) in [7, 11) is 1.06. The summed E-state index contributed by atoms with van der Waals surface area (Å²) in [4.78, 5) is 36.6. The van der Waals surface area contributed by atoms with Gasteiger partial charge in [0.1, 0.15) is 0 Å². The first-order chi connectivity index (χ1) is 10.1. The Hall–Kier alpha value is -1.93. The Balaban J connectivity index is 3.31. The Morgan fingerprint density at radius 3 is 1.90 bits per heavy atom. The van der Waals surface area contributed by atoms with E-state index < -0.39 is 26.8 Å². The maximum atomic E-state index is 12.2. The van der Waals surface area contributed by atoms with Crippen LogP contribution in [0.2, 0.25) is 6.04 Å². The summed E-state index contributed by atoms with van der Waals surface area (Å²) in [5.74, 6) is 0. The van der Waals surface area contributed by atoms with E-state index in [1.807, 2.05) is 0 Å². The number of aromatic nitrogens is 3. The van der Waals surface area contributed by atoms with Crippen molar-refractivity contribution in [3.8, 4) is 0 Å². The molecule has 1 aromatic heterocycles. The number of nitrogens with zero attached hydrogens (tertiary/aromatic N) is 3. The van der Waals surface area contributed by atoms with Gasteiger partial charge < -0.3 is 4.43 Å². The molecule has 21 heavy (non-hydrogen) atoms. The van der Waals surface area contributed by atoms with Crippen molar-refractivity contribution in [1.29, 1.82) is 0 Å². The lowest BCUT2D eigenvalue weighted by atomic mass is 10.4. The van der Waals surface area contributed by atoms with Crippen molar-refractivity contribution in [1.82, 2.24) is 13.7 Å². The number of hydrogen-bond acceptors (Lipinski definition) is 4. The van der Waals surface area contributed by atoms with Gasteiger partial charge in [-0.25, -0.2) is 28.1 Å². The minimum Gasteiger partial charge on any atom is -0.427 e. The molecule has 0 N–H and O–H groups in total. The molecule has 0 atom stereocenters. The van der Waals surface area contributed by atoms with Crippen LogP contribution in [0.15, 0.2) is 39.7 Å². The van der Waals surface area contributed by atoms with Crippen molar-refractivity contribution in [2.24, 2.45) is 0 Å². The molecule has 0 aliphatic carbocycles. The molecule has 0 unspecified atom stereocenters. The molecule has 0 aromatic carbocycles. The zero-order chi connectivity index (χ0) is 15.8. The first kappa shape index (κ1) is 17.1. The second-order valence-corrected chi connectivity index (χ2v) is 6.19. The maximum Gasteiger partial charge on any atom is 0.336 e. The van der Waals surface area contributed by atoms with Gasteiger partial charge in [0.05, 0.1) is 13.1 Å². The molecule has 0 radical (unpaired) electrons. The van der Waals surface area contributed by atoms with E-state index in [4.69, 9.17) is 4.43 Å². The van der Waals surface area contributed by atoms with Gasteiger partial charge in [-0.3, -0.25) is 0 Å². The summed E-state index contributed by atoms with van der Waals surface area (Å²) >= 11 is 0. The quantitative estimate of drug-likeness (QED) is 0.336. The van der Waals surface area contributed by atoms with E-state index in [1.165, 1.54) is 12.2 Å². The first-order valence-corrected chi connectivity index (χ1v) is 8.31. The smallest absolute Gasteiger partial charge is 0.336 e. The van der Waals surface area contributed by atoms with E-state index in [0.717, 1.165) is 19.7 Å². The lowest BCUT2D eigenvalue weighted by Gasteiger charge is -2.11. The fourth-order valence-corrected chi connectivity index (χ4v) is 2.68. The van der Waals surface area contributed by atoms with Crippen LogP contribution in [0, 0.1) is 0 Å². The third kappa shape index (κ3) is 4.02. The number of allylic oxidation sites excluding steroid dienone is 2. The van der Waals surface area contributed by atoms with Gasteiger partial charge in [0, 0.05) is 13.7 Å². The van der Waals surface area contributed by atoms with Crippen LogP contribution in [0.25, 0.3) is 0 Å². The van der Waals surface area contributed by atoms with Gasteiger partial charge in [0.15, 0.2) is 9.76 Å². The molecular weight excluding hydrogens is 290 g/mol. The molecule has 0 bridgehead atoms. The topological polar surface area (TPSA) is 75.2 Å². The molecule has 0 saturated heterocycles. The van der Waals surface area contributed by atoms with Crippen molar-refractivity contribution in [2.75, 3.05) is 7.11 Å². The minimum absolute atomic E-state index is 0.0713. The Bertz CT molecular complexity index is 623. The largest absolute Gasteiger partial charge is 0.427 e. The lowest BCUT2D eigenvalue weighted by molar-refractivity contribution is 0.433. The second-order valence-electron chi connectivity index (χ2n) is 4.50.